The Kier molecular flexibility index (Phi) is 8.96. The number of carbonyl (C=O) groups excluding carboxylic acids is 1. The molecule has 190 valence electrons. The minimum atomic E-state index is -0.232. The zero-order chi connectivity index (χ0) is 25.7. The number of hydrogen-bond donors (Lipinski definition) is 0. The summed E-state index contributed by atoms with van der Waals surface area (Å²) in [6.07, 6.45) is 3.04. The van der Waals surface area contributed by atoms with Crippen LogP contribution in [-0.2, 0) is 16.0 Å². The lowest BCUT2D eigenvalue weighted by atomic mass is 10.2. The van der Waals surface area contributed by atoms with Crippen molar-refractivity contribution in [2.45, 2.75) is 19.8 Å². The predicted molar refractivity (Wildman–Crippen MR) is 149 cm³/mol. The summed E-state index contributed by atoms with van der Waals surface area (Å²) >= 11 is 5.56. The molecule has 0 unspecified atom stereocenters. The van der Waals surface area contributed by atoms with Gasteiger partial charge in [0.2, 0.25) is 0 Å². The second-order valence-corrected chi connectivity index (χ2v) is 10.2. The molecule has 3 aromatic rings. The second kappa shape index (κ2) is 12.2. The second-order valence-electron chi connectivity index (χ2n) is 8.12. The van der Waals surface area contributed by atoms with E-state index in [0.29, 0.717) is 66.5 Å². The van der Waals surface area contributed by atoms with Gasteiger partial charge in [-0.25, -0.2) is 4.98 Å². The lowest BCUT2D eigenvalue weighted by Gasteiger charge is -2.27. The molecule has 0 aliphatic carbocycles. The van der Waals surface area contributed by atoms with Crippen molar-refractivity contribution < 1.29 is 19.0 Å². The number of fused-ring (bicyclic) bond motifs is 1. The first kappa shape index (κ1) is 26.6. The fourth-order valence-corrected chi connectivity index (χ4v) is 4.96. The highest BCUT2D eigenvalue weighted by Crippen LogP contribution is 2.33. The number of hydrogen-bond acceptors (Lipinski definition) is 7. The number of carbonyl (C=O) groups is 1. The standard InChI is InChI=1S/C25H26BrIN4O5/c1-3-4-22-29-20-6-5-17(26)13-18(20)25(33)31(22)28-14-16-11-19(27)24(21(12-16)34-2)36-15-23(32)30-7-9-35-10-8-30/h5-6,11-14H,3-4,7-10,15H2,1-2H3. The number of amides is 1. The molecular weight excluding hydrogens is 643 g/mol. The molecule has 1 aliphatic heterocycles. The van der Waals surface area contributed by atoms with Gasteiger partial charge in [-0.05, 0) is 64.9 Å². The molecule has 0 radical (unpaired) electrons. The fourth-order valence-electron chi connectivity index (χ4n) is 3.82. The van der Waals surface area contributed by atoms with E-state index in [1.165, 1.54) is 11.8 Å². The zero-order valence-electron chi connectivity index (χ0n) is 20.0. The highest BCUT2D eigenvalue weighted by atomic mass is 127. The van der Waals surface area contributed by atoms with E-state index in [1.54, 1.807) is 23.2 Å². The molecule has 2 heterocycles. The van der Waals surface area contributed by atoms with Crippen LogP contribution in [0.5, 0.6) is 11.5 Å². The summed E-state index contributed by atoms with van der Waals surface area (Å²) in [5.74, 6) is 1.45. The molecule has 1 saturated heterocycles. The van der Waals surface area contributed by atoms with Gasteiger partial charge in [-0.3, -0.25) is 9.59 Å². The van der Waals surface area contributed by atoms with Crippen LogP contribution >= 0.6 is 38.5 Å². The van der Waals surface area contributed by atoms with Gasteiger partial charge < -0.3 is 19.1 Å². The van der Waals surface area contributed by atoms with Crippen LogP contribution < -0.4 is 15.0 Å². The molecule has 0 atom stereocenters. The minimum Gasteiger partial charge on any atom is -0.493 e. The fraction of sp³-hybridized carbons (Fsp3) is 0.360. The normalized spacial score (nSPS) is 13.9. The number of methoxy groups -OCH3 is 1. The van der Waals surface area contributed by atoms with Crippen LogP contribution in [0.25, 0.3) is 10.9 Å². The van der Waals surface area contributed by atoms with Gasteiger partial charge in [-0.1, -0.05) is 22.9 Å². The molecule has 0 spiro atoms. The molecule has 11 heteroatoms. The topological polar surface area (TPSA) is 95.3 Å². The lowest BCUT2D eigenvalue weighted by molar-refractivity contribution is -0.137. The molecule has 1 aromatic heterocycles. The van der Waals surface area contributed by atoms with Crippen molar-refractivity contribution in [3.63, 3.8) is 0 Å². The summed E-state index contributed by atoms with van der Waals surface area (Å²) in [6, 6.07) is 9.06. The van der Waals surface area contributed by atoms with Crippen molar-refractivity contribution in [1.29, 1.82) is 0 Å². The number of ether oxygens (including phenoxy) is 3. The van der Waals surface area contributed by atoms with Gasteiger partial charge in [-0.15, -0.1) is 0 Å². The number of aromatic nitrogens is 2. The van der Waals surface area contributed by atoms with Crippen LogP contribution in [0.4, 0.5) is 0 Å². The molecule has 36 heavy (non-hydrogen) atoms. The monoisotopic (exact) mass is 668 g/mol. The smallest absolute Gasteiger partial charge is 0.282 e. The van der Waals surface area contributed by atoms with E-state index in [9.17, 15) is 9.59 Å². The number of benzene rings is 2. The Hall–Kier alpha value is -2.51. The van der Waals surface area contributed by atoms with E-state index in [-0.39, 0.29) is 18.1 Å². The molecular formula is C25H26BrIN4O5. The molecule has 1 fully saturated rings. The third kappa shape index (κ3) is 6.06. The van der Waals surface area contributed by atoms with Crippen LogP contribution in [-0.4, -0.2) is 66.7 Å². The number of aryl methyl sites for hydroxylation is 1. The summed E-state index contributed by atoms with van der Waals surface area (Å²) in [4.78, 5) is 32.1. The number of halogens is 2. The maximum atomic E-state index is 13.2. The van der Waals surface area contributed by atoms with Crippen molar-refractivity contribution in [3.8, 4) is 11.5 Å². The number of nitrogens with zero attached hydrogens (tertiary/aromatic N) is 4. The molecule has 9 nitrogen and oxygen atoms in total. The van der Waals surface area contributed by atoms with Crippen LogP contribution in [0.1, 0.15) is 24.7 Å². The Balaban J connectivity index is 1.60. The number of morpholine rings is 1. The molecule has 2 aromatic carbocycles. The van der Waals surface area contributed by atoms with Crippen LogP contribution in [0.2, 0.25) is 0 Å². The van der Waals surface area contributed by atoms with E-state index in [2.05, 4.69) is 48.6 Å². The van der Waals surface area contributed by atoms with Crippen molar-refractivity contribution in [3.05, 3.63) is 60.1 Å². The van der Waals surface area contributed by atoms with Crippen LogP contribution in [0, 0.1) is 3.57 Å². The molecule has 0 saturated carbocycles. The molecule has 0 bridgehead atoms. The van der Waals surface area contributed by atoms with E-state index in [0.717, 1.165) is 14.5 Å². The van der Waals surface area contributed by atoms with Gasteiger partial charge in [0.25, 0.3) is 11.5 Å². The van der Waals surface area contributed by atoms with Crippen molar-refractivity contribution in [1.82, 2.24) is 14.6 Å². The third-order valence-corrected chi connectivity index (χ3v) is 6.92. The SMILES string of the molecule is CCCc1nc2ccc(Br)cc2c(=O)n1N=Cc1cc(I)c(OCC(=O)N2CCOCC2)c(OC)c1. The first-order valence-electron chi connectivity index (χ1n) is 11.5. The predicted octanol–water partition coefficient (Wildman–Crippen LogP) is 3.84. The maximum Gasteiger partial charge on any atom is 0.282 e. The van der Waals surface area contributed by atoms with Crippen molar-refractivity contribution in [2.75, 3.05) is 40.0 Å². The third-order valence-electron chi connectivity index (χ3n) is 5.63. The summed E-state index contributed by atoms with van der Waals surface area (Å²) in [5.41, 5.74) is 1.12. The Bertz CT molecular complexity index is 1350. The largest absolute Gasteiger partial charge is 0.493 e. The van der Waals surface area contributed by atoms with Gasteiger partial charge >= 0.3 is 0 Å². The average molecular weight is 669 g/mol. The van der Waals surface area contributed by atoms with E-state index in [4.69, 9.17) is 14.2 Å². The van der Waals surface area contributed by atoms with Gasteiger partial charge in [-0.2, -0.15) is 9.78 Å². The highest BCUT2D eigenvalue weighted by Gasteiger charge is 2.19. The highest BCUT2D eigenvalue weighted by molar-refractivity contribution is 14.1. The zero-order valence-corrected chi connectivity index (χ0v) is 23.7. The summed E-state index contributed by atoms with van der Waals surface area (Å²) in [5, 5.41) is 4.97. The molecule has 1 amide bonds. The van der Waals surface area contributed by atoms with Gasteiger partial charge in [0.05, 0.1) is 41.0 Å². The van der Waals surface area contributed by atoms with Gasteiger partial charge in [0, 0.05) is 24.0 Å². The summed E-state index contributed by atoms with van der Waals surface area (Å²) in [7, 11) is 1.54. The first-order chi connectivity index (χ1) is 17.4. The summed E-state index contributed by atoms with van der Waals surface area (Å²) in [6.45, 7) is 4.13. The van der Waals surface area contributed by atoms with E-state index >= 15 is 0 Å². The lowest BCUT2D eigenvalue weighted by Crippen LogP contribution is -2.43. The van der Waals surface area contributed by atoms with Gasteiger partial charge in [0.1, 0.15) is 5.82 Å². The quantitative estimate of drug-likeness (QED) is 0.268. The Morgan fingerprint density at radius 1 is 1.28 bits per heavy atom. The number of rotatable bonds is 8. The van der Waals surface area contributed by atoms with Crippen molar-refractivity contribution in [2.24, 2.45) is 5.10 Å². The summed E-state index contributed by atoms with van der Waals surface area (Å²) < 4.78 is 19.6. The van der Waals surface area contributed by atoms with Crippen LogP contribution in [0.15, 0.2) is 44.7 Å². The average Bonchev–Trinajstić information content (AvgIpc) is 2.88. The van der Waals surface area contributed by atoms with Gasteiger partial charge in [0.15, 0.2) is 18.1 Å². The van der Waals surface area contributed by atoms with E-state index in [1.807, 2.05) is 25.1 Å². The molecule has 0 N–H and O–H groups in total. The van der Waals surface area contributed by atoms with Crippen LogP contribution in [0.3, 0.4) is 0 Å². The molecule has 4 rings (SSSR count). The van der Waals surface area contributed by atoms with E-state index < -0.39 is 0 Å². The Morgan fingerprint density at radius 3 is 2.78 bits per heavy atom. The molecule has 1 aliphatic rings. The van der Waals surface area contributed by atoms with Crippen molar-refractivity contribution >= 4 is 61.5 Å². The Labute approximate surface area is 230 Å². The maximum absolute atomic E-state index is 13.2. The Morgan fingerprint density at radius 2 is 2.06 bits per heavy atom. The first-order valence-corrected chi connectivity index (χ1v) is 13.4. The minimum absolute atomic E-state index is 0.0894.